The van der Waals surface area contributed by atoms with Crippen LogP contribution in [0.1, 0.15) is 21.0 Å². The van der Waals surface area contributed by atoms with Gasteiger partial charge in [-0.3, -0.25) is 0 Å². The van der Waals surface area contributed by atoms with Gasteiger partial charge in [-0.05, 0) is 24.3 Å². The number of ether oxygens (including phenoxy) is 2. The van der Waals surface area contributed by atoms with Gasteiger partial charge >= 0.3 is 11.9 Å². The lowest BCUT2D eigenvalue weighted by molar-refractivity contribution is 0.0679. The first-order valence-corrected chi connectivity index (χ1v) is 6.31. The number of carboxylic acid groups (broad SMARTS) is 2. The first-order valence-electron chi connectivity index (χ1n) is 6.31. The summed E-state index contributed by atoms with van der Waals surface area (Å²) < 4.78 is 10.9. The smallest absolute Gasteiger partial charge is 0.354 e. The molecule has 0 radical (unpaired) electrons. The average Bonchev–Trinajstić information content (AvgIpc) is 2.49. The zero-order valence-corrected chi connectivity index (χ0v) is 11.1. The summed E-state index contributed by atoms with van der Waals surface area (Å²) in [6.07, 6.45) is 0. The van der Waals surface area contributed by atoms with Crippen LogP contribution in [0.25, 0.3) is 11.4 Å². The number of aromatic nitrogens is 2. The molecule has 0 aromatic carbocycles. The molecule has 0 bridgehead atoms. The van der Waals surface area contributed by atoms with Gasteiger partial charge in [0.25, 0.3) is 0 Å². The van der Waals surface area contributed by atoms with E-state index in [0.717, 1.165) is 0 Å². The largest absolute Gasteiger partial charge is 0.488 e. The van der Waals surface area contributed by atoms with Gasteiger partial charge in [-0.15, -0.1) is 0 Å². The molecule has 2 aromatic heterocycles. The van der Waals surface area contributed by atoms with E-state index in [1.807, 2.05) is 0 Å². The van der Waals surface area contributed by atoms with Crippen molar-refractivity contribution in [3.8, 4) is 22.9 Å². The van der Waals surface area contributed by atoms with Crippen molar-refractivity contribution >= 4 is 11.9 Å². The molecular formula is C14H10N2O6. The number of fused-ring (bicyclic) bond motifs is 3. The highest BCUT2D eigenvalue weighted by Gasteiger charge is 2.22. The molecule has 22 heavy (non-hydrogen) atoms. The molecule has 2 aromatic rings. The number of aromatic carboxylic acids is 2. The van der Waals surface area contributed by atoms with Gasteiger partial charge in [-0.2, -0.15) is 0 Å². The van der Waals surface area contributed by atoms with Crippen molar-refractivity contribution in [2.24, 2.45) is 0 Å². The van der Waals surface area contributed by atoms with E-state index in [1.165, 1.54) is 24.3 Å². The molecule has 0 aliphatic carbocycles. The minimum Gasteiger partial charge on any atom is -0.488 e. The Bertz CT molecular complexity index is 708. The van der Waals surface area contributed by atoms with E-state index in [0.29, 0.717) is 11.5 Å². The molecule has 0 atom stereocenters. The molecule has 8 heteroatoms. The fourth-order valence-electron chi connectivity index (χ4n) is 2.01. The monoisotopic (exact) mass is 302 g/mol. The molecule has 1 aliphatic heterocycles. The lowest BCUT2D eigenvalue weighted by atomic mass is 10.1. The van der Waals surface area contributed by atoms with Crippen LogP contribution < -0.4 is 9.47 Å². The van der Waals surface area contributed by atoms with Crippen LogP contribution in [0.2, 0.25) is 0 Å². The van der Waals surface area contributed by atoms with E-state index in [9.17, 15) is 9.59 Å². The second kappa shape index (κ2) is 5.32. The zero-order chi connectivity index (χ0) is 15.7. The maximum atomic E-state index is 11.1. The third-order valence-corrected chi connectivity index (χ3v) is 2.98. The first-order chi connectivity index (χ1) is 10.6. The normalized spacial score (nSPS) is 12.7. The van der Waals surface area contributed by atoms with Gasteiger partial charge in [-0.1, -0.05) is 0 Å². The van der Waals surface area contributed by atoms with Gasteiger partial charge in [0, 0.05) is 0 Å². The van der Waals surface area contributed by atoms with Gasteiger partial charge in [0.2, 0.25) is 0 Å². The number of nitrogens with zero attached hydrogens (tertiary/aromatic N) is 2. The average molecular weight is 302 g/mol. The maximum absolute atomic E-state index is 11.1. The highest BCUT2D eigenvalue weighted by molar-refractivity contribution is 5.88. The third-order valence-electron chi connectivity index (χ3n) is 2.98. The number of pyridine rings is 2. The fourth-order valence-corrected chi connectivity index (χ4v) is 2.01. The Morgan fingerprint density at radius 3 is 1.59 bits per heavy atom. The molecule has 0 saturated heterocycles. The molecule has 0 amide bonds. The molecule has 112 valence electrons. The minimum absolute atomic E-state index is 0.137. The van der Waals surface area contributed by atoms with Crippen molar-refractivity contribution in [1.82, 2.24) is 9.97 Å². The van der Waals surface area contributed by atoms with Crippen LogP contribution in [0.4, 0.5) is 0 Å². The second-order valence-electron chi connectivity index (χ2n) is 4.39. The predicted molar refractivity (Wildman–Crippen MR) is 72.4 cm³/mol. The van der Waals surface area contributed by atoms with E-state index in [2.05, 4.69) is 9.97 Å². The standard InChI is InChI=1S/C14H10N2O6/c17-13(18)7-1-3-9-11(15-7)12-10(22-6-5-21-9)4-2-8(16-12)14(19)20/h1-4H,5-6H2,(H,17,18)(H,19,20). The lowest BCUT2D eigenvalue weighted by Gasteiger charge is -2.18. The van der Waals surface area contributed by atoms with Gasteiger partial charge < -0.3 is 19.7 Å². The summed E-state index contributed by atoms with van der Waals surface area (Å²) in [6, 6.07) is 5.56. The Morgan fingerprint density at radius 1 is 0.818 bits per heavy atom. The third kappa shape index (κ3) is 2.41. The quantitative estimate of drug-likeness (QED) is 0.852. The number of hydrogen-bond acceptors (Lipinski definition) is 6. The van der Waals surface area contributed by atoms with E-state index in [4.69, 9.17) is 19.7 Å². The molecule has 0 unspecified atom stereocenters. The SMILES string of the molecule is O=C(O)c1ccc2c(n1)-c1nc(C(=O)O)ccc1OCCO2. The highest BCUT2D eigenvalue weighted by Crippen LogP contribution is 2.35. The van der Waals surface area contributed by atoms with Gasteiger partial charge in [0.05, 0.1) is 0 Å². The summed E-state index contributed by atoms with van der Waals surface area (Å²) in [7, 11) is 0. The lowest BCUT2D eigenvalue weighted by Crippen LogP contribution is -2.15. The topological polar surface area (TPSA) is 119 Å². The van der Waals surface area contributed by atoms with Crippen LogP contribution in [-0.2, 0) is 0 Å². The summed E-state index contributed by atoms with van der Waals surface area (Å²) >= 11 is 0. The van der Waals surface area contributed by atoms with Crippen LogP contribution in [0.15, 0.2) is 24.3 Å². The maximum Gasteiger partial charge on any atom is 0.354 e. The molecule has 0 saturated carbocycles. The second-order valence-corrected chi connectivity index (χ2v) is 4.39. The number of hydrogen-bond donors (Lipinski definition) is 2. The molecule has 3 rings (SSSR count). The molecule has 2 N–H and O–H groups in total. The Kier molecular flexibility index (Phi) is 3.34. The van der Waals surface area contributed by atoms with Gasteiger partial charge in [0.15, 0.2) is 0 Å². The van der Waals surface area contributed by atoms with Crippen molar-refractivity contribution < 1.29 is 29.3 Å². The molecule has 0 spiro atoms. The fraction of sp³-hybridized carbons (Fsp3) is 0.143. The number of carbonyl (C=O) groups is 2. The van der Waals surface area contributed by atoms with Crippen molar-refractivity contribution in [3.05, 3.63) is 35.7 Å². The Hall–Kier alpha value is -3.16. The van der Waals surface area contributed by atoms with Crippen molar-refractivity contribution in [3.63, 3.8) is 0 Å². The van der Waals surface area contributed by atoms with E-state index >= 15 is 0 Å². The molecule has 3 heterocycles. The summed E-state index contributed by atoms with van der Waals surface area (Å²) in [6.45, 7) is 0.502. The van der Waals surface area contributed by atoms with Crippen molar-refractivity contribution in [2.75, 3.05) is 13.2 Å². The van der Waals surface area contributed by atoms with Crippen molar-refractivity contribution in [2.45, 2.75) is 0 Å². The summed E-state index contributed by atoms with van der Waals surface area (Å²) in [5.41, 5.74) is -0.122. The van der Waals surface area contributed by atoms with E-state index in [-0.39, 0.29) is 36.0 Å². The summed E-state index contributed by atoms with van der Waals surface area (Å²) in [5.74, 6) is -1.77. The molecule has 0 fully saturated rings. The first kappa shape index (κ1) is 13.8. The molecule has 1 aliphatic rings. The van der Waals surface area contributed by atoms with Crippen LogP contribution in [-0.4, -0.2) is 45.3 Å². The van der Waals surface area contributed by atoms with Gasteiger partial charge in [-0.25, -0.2) is 19.6 Å². The Balaban J connectivity index is 2.24. The number of carboxylic acids is 2. The predicted octanol–water partition coefficient (Wildman–Crippen LogP) is 1.31. The van der Waals surface area contributed by atoms with Crippen molar-refractivity contribution in [1.29, 1.82) is 0 Å². The van der Waals surface area contributed by atoms with Crippen LogP contribution in [0.5, 0.6) is 11.5 Å². The van der Waals surface area contributed by atoms with Crippen LogP contribution in [0, 0.1) is 0 Å². The van der Waals surface area contributed by atoms with Gasteiger partial charge in [0.1, 0.15) is 47.5 Å². The highest BCUT2D eigenvalue weighted by atomic mass is 16.5. The van der Waals surface area contributed by atoms with Crippen LogP contribution >= 0.6 is 0 Å². The molecule has 8 nitrogen and oxygen atoms in total. The Morgan fingerprint density at radius 2 is 1.23 bits per heavy atom. The van der Waals surface area contributed by atoms with E-state index in [1.54, 1.807) is 0 Å². The molecular weight excluding hydrogens is 292 g/mol. The Labute approximate surface area is 124 Å². The summed E-state index contributed by atoms with van der Waals surface area (Å²) in [4.78, 5) is 30.1. The number of rotatable bonds is 2. The van der Waals surface area contributed by atoms with E-state index < -0.39 is 11.9 Å². The minimum atomic E-state index is -1.21. The van der Waals surface area contributed by atoms with Crippen LogP contribution in [0.3, 0.4) is 0 Å². The summed E-state index contributed by atoms with van der Waals surface area (Å²) in [5, 5.41) is 18.1. The zero-order valence-electron chi connectivity index (χ0n) is 11.1.